The van der Waals surface area contributed by atoms with Gasteiger partial charge in [0.15, 0.2) is 11.5 Å². The Hall–Kier alpha value is -3.29. The van der Waals surface area contributed by atoms with Gasteiger partial charge < -0.3 is 14.2 Å². The monoisotopic (exact) mass is 412 g/mol. The summed E-state index contributed by atoms with van der Waals surface area (Å²) in [5.74, 6) is 1.32. The van der Waals surface area contributed by atoms with Gasteiger partial charge in [-0.15, -0.1) is 5.10 Å². The van der Waals surface area contributed by atoms with Crippen LogP contribution in [0.15, 0.2) is 42.5 Å². The lowest BCUT2D eigenvalue weighted by Crippen LogP contribution is -2.39. The molecule has 1 aromatic heterocycles. The van der Waals surface area contributed by atoms with Crippen molar-refractivity contribution in [1.82, 2.24) is 19.9 Å². The quantitative estimate of drug-likeness (QED) is 0.586. The molecule has 0 atom stereocenters. The van der Waals surface area contributed by atoms with Crippen LogP contribution in [0.25, 0.3) is 11.0 Å². The SMILES string of the molecule is COc1ccc(CCN(Cn2nnc3ccccc32)C(=O)OC(C)(C)C)cc1OC. The number of carbonyl (C=O) groups excluding carboxylic acids is 1. The predicted octanol–water partition coefficient (Wildman–Crippen LogP) is 3.89. The zero-order chi connectivity index (χ0) is 21.7. The summed E-state index contributed by atoms with van der Waals surface area (Å²) in [6.45, 7) is 6.23. The highest BCUT2D eigenvalue weighted by molar-refractivity contribution is 5.74. The lowest BCUT2D eigenvalue weighted by atomic mass is 10.1. The minimum absolute atomic E-state index is 0.239. The van der Waals surface area contributed by atoms with E-state index in [1.807, 2.05) is 63.2 Å². The highest BCUT2D eigenvalue weighted by atomic mass is 16.6. The van der Waals surface area contributed by atoms with Gasteiger partial charge in [0.1, 0.15) is 17.8 Å². The first-order valence-corrected chi connectivity index (χ1v) is 9.78. The number of aromatic nitrogens is 3. The molecular weight excluding hydrogens is 384 g/mol. The number of benzene rings is 2. The number of hydrogen-bond acceptors (Lipinski definition) is 6. The van der Waals surface area contributed by atoms with Crippen molar-refractivity contribution in [2.45, 2.75) is 39.5 Å². The van der Waals surface area contributed by atoms with Crippen LogP contribution in [0.5, 0.6) is 11.5 Å². The summed E-state index contributed by atoms with van der Waals surface area (Å²) < 4.78 is 18.0. The topological polar surface area (TPSA) is 78.7 Å². The molecule has 3 aromatic rings. The minimum Gasteiger partial charge on any atom is -0.493 e. The summed E-state index contributed by atoms with van der Waals surface area (Å²) in [7, 11) is 3.20. The average Bonchev–Trinajstić information content (AvgIpc) is 3.12. The molecule has 0 N–H and O–H groups in total. The van der Waals surface area contributed by atoms with Crippen molar-refractivity contribution in [3.8, 4) is 11.5 Å². The third-order valence-corrected chi connectivity index (χ3v) is 4.49. The Morgan fingerprint density at radius 2 is 1.80 bits per heavy atom. The van der Waals surface area contributed by atoms with Crippen molar-refractivity contribution < 1.29 is 19.0 Å². The standard InChI is InChI=1S/C22H28N4O4/c1-22(2,3)30-21(27)25(15-26-18-9-7-6-8-17(18)23-24-26)13-12-16-10-11-19(28-4)20(14-16)29-5/h6-11,14H,12-13,15H2,1-5H3. The Labute approximate surface area is 176 Å². The molecule has 0 unspecified atom stereocenters. The van der Waals surface area contributed by atoms with Crippen LogP contribution < -0.4 is 9.47 Å². The lowest BCUT2D eigenvalue weighted by molar-refractivity contribution is 0.0183. The van der Waals surface area contributed by atoms with Gasteiger partial charge in [0.05, 0.1) is 19.7 Å². The van der Waals surface area contributed by atoms with Gasteiger partial charge >= 0.3 is 6.09 Å². The number of methoxy groups -OCH3 is 2. The van der Waals surface area contributed by atoms with Crippen LogP contribution in [-0.2, 0) is 17.8 Å². The van der Waals surface area contributed by atoms with E-state index >= 15 is 0 Å². The first-order valence-electron chi connectivity index (χ1n) is 9.78. The van der Waals surface area contributed by atoms with E-state index in [2.05, 4.69) is 10.3 Å². The first-order chi connectivity index (χ1) is 14.3. The summed E-state index contributed by atoms with van der Waals surface area (Å²) in [4.78, 5) is 14.5. The van der Waals surface area contributed by atoms with E-state index in [4.69, 9.17) is 14.2 Å². The van der Waals surface area contributed by atoms with E-state index in [-0.39, 0.29) is 6.67 Å². The molecular formula is C22H28N4O4. The van der Waals surface area contributed by atoms with Gasteiger partial charge in [0.2, 0.25) is 0 Å². The van der Waals surface area contributed by atoms with E-state index < -0.39 is 11.7 Å². The molecule has 0 aliphatic heterocycles. The molecule has 1 amide bonds. The van der Waals surface area contributed by atoms with Crippen LogP contribution >= 0.6 is 0 Å². The van der Waals surface area contributed by atoms with Crippen molar-refractivity contribution in [1.29, 1.82) is 0 Å². The highest BCUT2D eigenvalue weighted by Crippen LogP contribution is 2.28. The summed E-state index contributed by atoms with van der Waals surface area (Å²) >= 11 is 0. The highest BCUT2D eigenvalue weighted by Gasteiger charge is 2.23. The van der Waals surface area contributed by atoms with Gasteiger partial charge in [-0.05, 0) is 57.0 Å². The number of amides is 1. The summed E-state index contributed by atoms with van der Waals surface area (Å²) in [5, 5.41) is 8.37. The third kappa shape index (κ3) is 5.20. The number of rotatable bonds is 7. The molecule has 8 nitrogen and oxygen atoms in total. The predicted molar refractivity (Wildman–Crippen MR) is 114 cm³/mol. The van der Waals surface area contributed by atoms with Crippen LogP contribution in [0.3, 0.4) is 0 Å². The smallest absolute Gasteiger partial charge is 0.411 e. The van der Waals surface area contributed by atoms with Crippen molar-refractivity contribution in [2.24, 2.45) is 0 Å². The molecule has 8 heteroatoms. The van der Waals surface area contributed by atoms with E-state index in [9.17, 15) is 4.79 Å². The Morgan fingerprint density at radius 3 is 2.50 bits per heavy atom. The van der Waals surface area contributed by atoms with Crippen LogP contribution in [0, 0.1) is 0 Å². The second-order valence-corrected chi connectivity index (χ2v) is 7.90. The molecule has 0 aliphatic carbocycles. The number of fused-ring (bicyclic) bond motifs is 1. The van der Waals surface area contributed by atoms with E-state index in [1.54, 1.807) is 23.8 Å². The van der Waals surface area contributed by atoms with Crippen LogP contribution in [0.2, 0.25) is 0 Å². The maximum absolute atomic E-state index is 12.9. The maximum Gasteiger partial charge on any atom is 0.411 e. The molecule has 0 saturated heterocycles. The molecule has 1 heterocycles. The second kappa shape index (κ2) is 9.02. The minimum atomic E-state index is -0.594. The zero-order valence-corrected chi connectivity index (χ0v) is 18.1. The molecule has 0 aliphatic rings. The number of ether oxygens (including phenoxy) is 3. The fraction of sp³-hybridized carbons (Fsp3) is 0.409. The normalized spacial score (nSPS) is 11.4. The fourth-order valence-corrected chi connectivity index (χ4v) is 3.03. The molecule has 2 aromatic carbocycles. The lowest BCUT2D eigenvalue weighted by Gasteiger charge is -2.27. The fourth-order valence-electron chi connectivity index (χ4n) is 3.03. The van der Waals surface area contributed by atoms with Gasteiger partial charge in [-0.1, -0.05) is 23.4 Å². The average molecular weight is 412 g/mol. The van der Waals surface area contributed by atoms with Gasteiger partial charge in [-0.2, -0.15) is 0 Å². The Morgan fingerprint density at radius 1 is 1.07 bits per heavy atom. The second-order valence-electron chi connectivity index (χ2n) is 7.90. The van der Waals surface area contributed by atoms with Gasteiger partial charge in [-0.3, -0.25) is 4.90 Å². The molecule has 0 saturated carbocycles. The van der Waals surface area contributed by atoms with Crippen LogP contribution in [-0.4, -0.2) is 52.4 Å². The first kappa shape index (κ1) is 21.4. The van der Waals surface area contributed by atoms with Crippen LogP contribution in [0.1, 0.15) is 26.3 Å². The van der Waals surface area contributed by atoms with E-state index in [0.29, 0.717) is 24.5 Å². The molecule has 160 valence electrons. The van der Waals surface area contributed by atoms with E-state index in [1.165, 1.54) is 0 Å². The molecule has 0 fully saturated rings. The summed E-state index contributed by atoms with van der Waals surface area (Å²) in [5.41, 5.74) is 2.06. The zero-order valence-electron chi connectivity index (χ0n) is 18.1. The molecule has 3 rings (SSSR count). The number of para-hydroxylation sites is 1. The molecule has 0 bridgehead atoms. The Bertz CT molecular complexity index is 1010. The van der Waals surface area contributed by atoms with E-state index in [0.717, 1.165) is 16.6 Å². The number of nitrogens with zero attached hydrogens (tertiary/aromatic N) is 4. The molecule has 30 heavy (non-hydrogen) atoms. The Balaban J connectivity index is 1.80. The number of carbonyl (C=O) groups is 1. The summed E-state index contributed by atoms with van der Waals surface area (Å²) in [6.07, 6.45) is 0.217. The van der Waals surface area contributed by atoms with Crippen molar-refractivity contribution in [3.05, 3.63) is 48.0 Å². The van der Waals surface area contributed by atoms with Gasteiger partial charge in [0.25, 0.3) is 0 Å². The van der Waals surface area contributed by atoms with Crippen molar-refractivity contribution in [3.63, 3.8) is 0 Å². The van der Waals surface area contributed by atoms with Crippen LogP contribution in [0.4, 0.5) is 4.79 Å². The largest absolute Gasteiger partial charge is 0.493 e. The molecule has 0 radical (unpaired) electrons. The van der Waals surface area contributed by atoms with Gasteiger partial charge in [0, 0.05) is 6.54 Å². The number of hydrogen-bond donors (Lipinski definition) is 0. The molecule has 0 spiro atoms. The maximum atomic E-state index is 12.9. The van der Waals surface area contributed by atoms with Crippen molar-refractivity contribution in [2.75, 3.05) is 20.8 Å². The summed E-state index contributed by atoms with van der Waals surface area (Å²) in [6, 6.07) is 13.4. The van der Waals surface area contributed by atoms with Crippen molar-refractivity contribution >= 4 is 17.1 Å². The third-order valence-electron chi connectivity index (χ3n) is 4.49. The van der Waals surface area contributed by atoms with Gasteiger partial charge in [-0.25, -0.2) is 9.48 Å². The Kier molecular flexibility index (Phi) is 6.44.